The van der Waals surface area contributed by atoms with Gasteiger partial charge in [0.1, 0.15) is 0 Å². The minimum absolute atomic E-state index is 0.132. The first-order chi connectivity index (χ1) is 12.8. The van der Waals surface area contributed by atoms with E-state index in [0.29, 0.717) is 11.8 Å². The average molecular weight is 403 g/mol. The highest BCUT2D eigenvalue weighted by atomic mass is 31.2. The van der Waals surface area contributed by atoms with E-state index in [2.05, 4.69) is 27.7 Å². The lowest BCUT2D eigenvalue weighted by Crippen LogP contribution is -2.30. The molecule has 0 aromatic carbocycles. The van der Waals surface area contributed by atoms with Crippen LogP contribution in [0.4, 0.5) is 0 Å². The predicted octanol–water partition coefficient (Wildman–Crippen LogP) is 7.11. The van der Waals surface area contributed by atoms with E-state index in [1.165, 1.54) is 38.5 Å². The third kappa shape index (κ3) is 7.80. The van der Waals surface area contributed by atoms with E-state index in [1.807, 2.05) is 0 Å². The summed E-state index contributed by atoms with van der Waals surface area (Å²) in [6.07, 6.45) is 13.0. The fourth-order valence-electron chi connectivity index (χ4n) is 5.20. The van der Waals surface area contributed by atoms with Gasteiger partial charge in [-0.2, -0.15) is 0 Å². The third-order valence-corrected chi connectivity index (χ3v) is 8.15. The quantitative estimate of drug-likeness (QED) is 0.396. The fourth-order valence-corrected chi connectivity index (χ4v) is 6.39. The maximum Gasteiger partial charge on any atom is 0.472 e. The monoisotopic (exact) mass is 402 g/mol. The Morgan fingerprint density at radius 1 is 0.815 bits per heavy atom. The number of phosphoric ester groups is 1. The predicted molar refractivity (Wildman–Crippen MR) is 112 cm³/mol. The van der Waals surface area contributed by atoms with E-state index >= 15 is 0 Å². The zero-order valence-electron chi connectivity index (χ0n) is 18.1. The first kappa shape index (κ1) is 23.4. The van der Waals surface area contributed by atoms with E-state index in [-0.39, 0.29) is 12.2 Å². The Labute approximate surface area is 167 Å². The van der Waals surface area contributed by atoms with Crippen molar-refractivity contribution in [1.29, 1.82) is 0 Å². The van der Waals surface area contributed by atoms with Crippen LogP contribution in [-0.4, -0.2) is 17.1 Å². The molecular formula is C22H43O4P. The second kappa shape index (κ2) is 11.3. The summed E-state index contributed by atoms with van der Waals surface area (Å²) >= 11 is 0. The molecule has 0 radical (unpaired) electrons. The van der Waals surface area contributed by atoms with Crippen LogP contribution < -0.4 is 0 Å². The van der Waals surface area contributed by atoms with E-state index in [1.54, 1.807) is 0 Å². The fraction of sp³-hybridized carbons (Fsp3) is 1.00. The smallest absolute Gasteiger partial charge is 0.302 e. The summed E-state index contributed by atoms with van der Waals surface area (Å²) in [5, 5.41) is 0. The molecule has 160 valence electrons. The summed E-state index contributed by atoms with van der Waals surface area (Å²) in [6.45, 7) is 8.99. The molecule has 2 aliphatic rings. The van der Waals surface area contributed by atoms with Crippen molar-refractivity contribution in [2.75, 3.05) is 0 Å². The number of hydrogen-bond acceptors (Lipinski definition) is 3. The van der Waals surface area contributed by atoms with Gasteiger partial charge >= 0.3 is 7.82 Å². The zero-order chi connectivity index (χ0) is 19.9. The molecule has 0 amide bonds. The summed E-state index contributed by atoms with van der Waals surface area (Å²) < 4.78 is 23.8. The van der Waals surface area contributed by atoms with Crippen LogP contribution in [-0.2, 0) is 13.6 Å². The Balaban J connectivity index is 1.76. The molecule has 2 fully saturated rings. The van der Waals surface area contributed by atoms with Crippen LogP contribution in [0, 0.1) is 23.7 Å². The molecule has 5 heteroatoms. The molecule has 2 saturated carbocycles. The van der Waals surface area contributed by atoms with Gasteiger partial charge in [0, 0.05) is 0 Å². The lowest BCUT2D eigenvalue weighted by molar-refractivity contribution is 0.0151. The van der Waals surface area contributed by atoms with Crippen LogP contribution in [0.3, 0.4) is 0 Å². The van der Waals surface area contributed by atoms with Crippen molar-refractivity contribution < 1.29 is 18.5 Å². The second-order valence-corrected chi connectivity index (χ2v) is 10.7. The Bertz CT molecular complexity index is 431. The SMILES string of the molecule is CCCCC1CCC(OP(=O)(O)OC2CCC(CCCC)C(C)C2)CC1C. The average Bonchev–Trinajstić information content (AvgIpc) is 2.59. The van der Waals surface area contributed by atoms with E-state index in [0.717, 1.165) is 50.4 Å². The van der Waals surface area contributed by atoms with Crippen LogP contribution in [0.2, 0.25) is 0 Å². The van der Waals surface area contributed by atoms with Gasteiger partial charge in [-0.1, -0.05) is 66.2 Å². The molecule has 0 aliphatic heterocycles. The summed E-state index contributed by atoms with van der Waals surface area (Å²) in [7, 11) is -3.96. The van der Waals surface area contributed by atoms with Crippen LogP contribution in [0.15, 0.2) is 0 Å². The van der Waals surface area contributed by atoms with Gasteiger partial charge in [-0.15, -0.1) is 0 Å². The summed E-state index contributed by atoms with van der Waals surface area (Å²) in [4.78, 5) is 10.3. The summed E-state index contributed by atoms with van der Waals surface area (Å²) in [6, 6.07) is 0. The van der Waals surface area contributed by atoms with Gasteiger partial charge in [-0.05, 0) is 62.2 Å². The van der Waals surface area contributed by atoms with Crippen LogP contribution in [0.25, 0.3) is 0 Å². The van der Waals surface area contributed by atoms with Crippen molar-refractivity contribution in [3.05, 3.63) is 0 Å². The number of hydrogen-bond donors (Lipinski definition) is 1. The van der Waals surface area contributed by atoms with Crippen molar-refractivity contribution in [2.24, 2.45) is 23.7 Å². The van der Waals surface area contributed by atoms with Crippen LogP contribution in [0.5, 0.6) is 0 Å². The maximum absolute atomic E-state index is 12.6. The normalized spacial score (nSPS) is 37.1. The molecule has 1 N–H and O–H groups in total. The van der Waals surface area contributed by atoms with Crippen LogP contribution in [0.1, 0.15) is 105 Å². The van der Waals surface area contributed by atoms with Crippen molar-refractivity contribution >= 4 is 7.82 Å². The molecule has 2 aliphatic carbocycles. The van der Waals surface area contributed by atoms with Crippen molar-refractivity contribution in [3.8, 4) is 0 Å². The molecule has 0 spiro atoms. The molecule has 4 nitrogen and oxygen atoms in total. The van der Waals surface area contributed by atoms with Crippen molar-refractivity contribution in [2.45, 2.75) is 117 Å². The molecular weight excluding hydrogens is 359 g/mol. The minimum Gasteiger partial charge on any atom is -0.302 e. The largest absolute Gasteiger partial charge is 0.472 e. The summed E-state index contributed by atoms with van der Waals surface area (Å²) in [5.74, 6) is 2.60. The highest BCUT2D eigenvalue weighted by molar-refractivity contribution is 7.47. The maximum atomic E-state index is 12.6. The molecule has 6 atom stereocenters. The molecule has 0 heterocycles. The third-order valence-electron chi connectivity index (χ3n) is 7.02. The molecule has 0 aromatic heterocycles. The molecule has 0 aromatic rings. The zero-order valence-corrected chi connectivity index (χ0v) is 19.0. The first-order valence-electron chi connectivity index (χ1n) is 11.5. The Hall–Kier alpha value is 0.110. The molecule has 0 saturated heterocycles. The van der Waals surface area contributed by atoms with Gasteiger partial charge in [0.05, 0.1) is 12.2 Å². The molecule has 27 heavy (non-hydrogen) atoms. The minimum atomic E-state index is -3.96. The topological polar surface area (TPSA) is 55.8 Å². The molecule has 6 unspecified atom stereocenters. The summed E-state index contributed by atoms with van der Waals surface area (Å²) in [5.41, 5.74) is 0. The van der Waals surface area contributed by atoms with Gasteiger partial charge in [0.2, 0.25) is 0 Å². The van der Waals surface area contributed by atoms with Crippen molar-refractivity contribution in [1.82, 2.24) is 0 Å². The lowest BCUT2D eigenvalue weighted by atomic mass is 9.77. The van der Waals surface area contributed by atoms with Gasteiger partial charge in [-0.25, -0.2) is 4.57 Å². The first-order valence-corrected chi connectivity index (χ1v) is 13.0. The highest BCUT2D eigenvalue weighted by Crippen LogP contribution is 2.51. The highest BCUT2D eigenvalue weighted by Gasteiger charge is 2.37. The van der Waals surface area contributed by atoms with E-state index < -0.39 is 7.82 Å². The van der Waals surface area contributed by atoms with Gasteiger partial charge < -0.3 is 4.89 Å². The Morgan fingerprint density at radius 3 is 1.56 bits per heavy atom. The van der Waals surface area contributed by atoms with Gasteiger partial charge in [0.25, 0.3) is 0 Å². The van der Waals surface area contributed by atoms with Crippen molar-refractivity contribution in [3.63, 3.8) is 0 Å². The number of rotatable bonds is 10. The number of unbranched alkanes of at least 4 members (excludes halogenated alkanes) is 2. The van der Waals surface area contributed by atoms with E-state index in [9.17, 15) is 9.46 Å². The standard InChI is InChI=1S/C22H43O4P/c1-5-7-9-19-11-13-21(15-17(19)3)25-27(23,24)26-22-14-12-20(10-8-6-2)18(4)16-22/h17-22H,5-16H2,1-4H3,(H,23,24). The van der Waals surface area contributed by atoms with Gasteiger partial charge in [0.15, 0.2) is 0 Å². The Kier molecular flexibility index (Phi) is 9.82. The number of phosphoric acid groups is 1. The lowest BCUT2D eigenvalue weighted by Gasteiger charge is -2.37. The van der Waals surface area contributed by atoms with Crippen LogP contribution >= 0.6 is 7.82 Å². The Morgan fingerprint density at radius 2 is 1.22 bits per heavy atom. The molecule has 2 rings (SSSR count). The molecule has 0 bridgehead atoms. The van der Waals surface area contributed by atoms with Gasteiger partial charge in [-0.3, -0.25) is 9.05 Å². The second-order valence-electron chi connectivity index (χ2n) is 9.31. The van der Waals surface area contributed by atoms with E-state index in [4.69, 9.17) is 9.05 Å².